The van der Waals surface area contributed by atoms with Gasteiger partial charge >= 0.3 is 5.97 Å². The number of ether oxygens (including phenoxy) is 2. The van der Waals surface area contributed by atoms with E-state index < -0.39 is 11.6 Å². The first-order valence-corrected chi connectivity index (χ1v) is 12.0. The van der Waals surface area contributed by atoms with Crippen molar-refractivity contribution < 1.29 is 18.8 Å². The summed E-state index contributed by atoms with van der Waals surface area (Å²) in [6, 6.07) is 7.56. The van der Waals surface area contributed by atoms with Gasteiger partial charge in [0.05, 0.1) is 16.9 Å². The molecule has 172 valence electrons. The molecule has 1 aromatic carbocycles. The number of aryl methyl sites for hydroxylation is 1. The molecule has 0 amide bonds. The largest absolute Gasteiger partial charge is 0.483 e. The van der Waals surface area contributed by atoms with Gasteiger partial charge in [-0.3, -0.25) is 0 Å². The lowest BCUT2D eigenvalue weighted by atomic mass is 9.88. The predicted octanol–water partition coefficient (Wildman–Crippen LogP) is 6.58. The van der Waals surface area contributed by atoms with Gasteiger partial charge in [0.15, 0.2) is 5.82 Å². The summed E-state index contributed by atoms with van der Waals surface area (Å²) >= 11 is 7.99. The van der Waals surface area contributed by atoms with E-state index in [9.17, 15) is 4.79 Å². The van der Waals surface area contributed by atoms with Gasteiger partial charge in [-0.2, -0.15) is 4.98 Å². The van der Waals surface area contributed by atoms with Crippen molar-refractivity contribution in [2.75, 3.05) is 6.61 Å². The fourth-order valence-electron chi connectivity index (χ4n) is 3.86. The number of carbonyl (C=O) groups is 1. The maximum absolute atomic E-state index is 12.5. The summed E-state index contributed by atoms with van der Waals surface area (Å²) in [5, 5.41) is 6.92. The van der Waals surface area contributed by atoms with Gasteiger partial charge in [-0.15, -0.1) is 11.3 Å². The van der Waals surface area contributed by atoms with Gasteiger partial charge < -0.3 is 14.0 Å². The zero-order chi connectivity index (χ0) is 23.6. The molecule has 0 N–H and O–H groups in total. The van der Waals surface area contributed by atoms with Crippen LogP contribution < -0.4 is 4.74 Å². The van der Waals surface area contributed by atoms with Crippen LogP contribution in [0.3, 0.4) is 0 Å². The minimum atomic E-state index is -0.680. The number of hydrogen-bond acceptors (Lipinski definition) is 8. The Balaban J connectivity index is 1.79. The van der Waals surface area contributed by atoms with Crippen LogP contribution >= 0.6 is 22.9 Å². The molecule has 0 atom stereocenters. The van der Waals surface area contributed by atoms with E-state index in [0.29, 0.717) is 41.0 Å². The Morgan fingerprint density at radius 2 is 2.03 bits per heavy atom. The van der Waals surface area contributed by atoms with Crippen molar-refractivity contribution in [2.24, 2.45) is 0 Å². The Labute approximate surface area is 200 Å². The average molecular weight is 486 g/mol. The molecule has 0 radical (unpaired) electrons. The normalized spacial score (nSPS) is 11.7. The van der Waals surface area contributed by atoms with Gasteiger partial charge in [0.2, 0.25) is 0 Å². The molecule has 0 unspecified atom stereocenters. The molecule has 9 heteroatoms. The zero-order valence-corrected chi connectivity index (χ0v) is 20.4. The molecule has 33 heavy (non-hydrogen) atoms. The maximum Gasteiger partial charge on any atom is 0.341 e. The van der Waals surface area contributed by atoms with Crippen LogP contribution in [0.4, 0.5) is 0 Å². The van der Waals surface area contributed by atoms with Crippen LogP contribution in [0.5, 0.6) is 5.75 Å². The molecule has 0 saturated heterocycles. The standard InChI is InChI=1S/C24H24ClN3O4S/c1-5-24(6-2,31-16-10-8-9-15(11-16)22-27-14(4)28-32-22)18-13-33-20-17(23(29)30-7-3)12-26-21(25)19(18)20/h8-13H,5-7H2,1-4H3. The Hall–Kier alpha value is -2.97. The highest BCUT2D eigenvalue weighted by atomic mass is 35.5. The topological polar surface area (TPSA) is 87.3 Å². The molecular formula is C24H24ClN3O4S. The minimum absolute atomic E-state index is 0.286. The summed E-state index contributed by atoms with van der Waals surface area (Å²) in [5.74, 6) is 1.25. The van der Waals surface area contributed by atoms with Crippen LogP contribution in [0.25, 0.3) is 21.5 Å². The van der Waals surface area contributed by atoms with Crippen molar-refractivity contribution in [1.29, 1.82) is 0 Å². The molecule has 0 saturated carbocycles. The van der Waals surface area contributed by atoms with Crippen LogP contribution in [0, 0.1) is 6.92 Å². The third-order valence-corrected chi connectivity index (χ3v) is 6.90. The van der Waals surface area contributed by atoms with Crippen molar-refractivity contribution in [3.8, 4) is 17.2 Å². The number of aromatic nitrogens is 3. The number of carbonyl (C=O) groups excluding carboxylic acids is 1. The molecule has 3 aromatic heterocycles. The quantitative estimate of drug-likeness (QED) is 0.206. The minimum Gasteiger partial charge on any atom is -0.483 e. The van der Waals surface area contributed by atoms with E-state index in [-0.39, 0.29) is 6.61 Å². The van der Waals surface area contributed by atoms with Crippen molar-refractivity contribution in [2.45, 2.75) is 46.1 Å². The van der Waals surface area contributed by atoms with E-state index in [1.807, 2.05) is 29.6 Å². The summed E-state index contributed by atoms with van der Waals surface area (Å²) in [7, 11) is 0. The number of nitrogens with zero attached hydrogens (tertiary/aromatic N) is 3. The highest BCUT2D eigenvalue weighted by molar-refractivity contribution is 7.18. The lowest BCUT2D eigenvalue weighted by molar-refractivity contribution is 0.0527. The number of benzene rings is 1. The van der Waals surface area contributed by atoms with E-state index in [4.69, 9.17) is 25.6 Å². The summed E-state index contributed by atoms with van der Waals surface area (Å²) in [6.45, 7) is 7.96. The second kappa shape index (κ2) is 9.49. The van der Waals surface area contributed by atoms with Crippen molar-refractivity contribution in [3.05, 3.63) is 57.9 Å². The van der Waals surface area contributed by atoms with Crippen LogP contribution in [0.15, 0.2) is 40.4 Å². The molecule has 0 bridgehead atoms. The third-order valence-electron chi connectivity index (χ3n) is 5.60. The van der Waals surface area contributed by atoms with E-state index >= 15 is 0 Å². The number of rotatable bonds is 8. The fraction of sp³-hybridized carbons (Fsp3) is 0.333. The number of esters is 1. The molecule has 0 aliphatic rings. The van der Waals surface area contributed by atoms with E-state index in [1.54, 1.807) is 13.8 Å². The third kappa shape index (κ3) is 4.32. The first kappa shape index (κ1) is 23.2. The predicted molar refractivity (Wildman–Crippen MR) is 128 cm³/mol. The zero-order valence-electron chi connectivity index (χ0n) is 18.8. The maximum atomic E-state index is 12.5. The molecule has 0 fully saturated rings. The number of pyridine rings is 1. The highest BCUT2D eigenvalue weighted by Crippen LogP contribution is 2.44. The molecule has 0 spiro atoms. The Bertz CT molecular complexity index is 1300. The Kier molecular flexibility index (Phi) is 6.67. The molecule has 4 aromatic rings. The van der Waals surface area contributed by atoms with Gasteiger partial charge in [0.25, 0.3) is 5.89 Å². The summed E-state index contributed by atoms with van der Waals surface area (Å²) in [6.07, 6.45) is 2.83. The highest BCUT2D eigenvalue weighted by Gasteiger charge is 2.35. The molecular weight excluding hydrogens is 462 g/mol. The summed E-state index contributed by atoms with van der Waals surface area (Å²) < 4.78 is 17.9. The van der Waals surface area contributed by atoms with Crippen molar-refractivity contribution in [1.82, 2.24) is 15.1 Å². The van der Waals surface area contributed by atoms with E-state index in [1.165, 1.54) is 17.5 Å². The number of fused-ring (bicyclic) bond motifs is 1. The summed E-state index contributed by atoms with van der Waals surface area (Å²) in [4.78, 5) is 21.1. The van der Waals surface area contributed by atoms with Crippen LogP contribution in [0.1, 0.15) is 55.4 Å². The van der Waals surface area contributed by atoms with Crippen LogP contribution in [-0.2, 0) is 10.3 Å². The van der Waals surface area contributed by atoms with E-state index in [2.05, 4.69) is 29.0 Å². The number of hydrogen-bond donors (Lipinski definition) is 0. The van der Waals surface area contributed by atoms with Gasteiger partial charge in [-0.25, -0.2) is 9.78 Å². The smallest absolute Gasteiger partial charge is 0.341 e. The van der Waals surface area contributed by atoms with Crippen LogP contribution in [0.2, 0.25) is 5.15 Å². The van der Waals surface area contributed by atoms with Crippen molar-refractivity contribution in [3.63, 3.8) is 0 Å². The molecule has 4 rings (SSSR count). The Morgan fingerprint density at radius 1 is 1.24 bits per heavy atom. The van der Waals surface area contributed by atoms with Gasteiger partial charge in [-0.1, -0.05) is 36.7 Å². The average Bonchev–Trinajstić information content (AvgIpc) is 3.46. The molecule has 7 nitrogen and oxygen atoms in total. The number of thiophene rings is 1. The Morgan fingerprint density at radius 3 is 2.70 bits per heavy atom. The second-order valence-electron chi connectivity index (χ2n) is 7.51. The fourth-order valence-corrected chi connectivity index (χ4v) is 5.31. The second-order valence-corrected chi connectivity index (χ2v) is 8.75. The number of halogens is 1. The summed E-state index contributed by atoms with van der Waals surface area (Å²) in [5.41, 5.74) is 1.39. The van der Waals surface area contributed by atoms with Gasteiger partial charge in [-0.05, 0) is 50.3 Å². The first-order chi connectivity index (χ1) is 15.9. The van der Waals surface area contributed by atoms with Gasteiger partial charge in [0.1, 0.15) is 16.5 Å². The van der Waals surface area contributed by atoms with Gasteiger partial charge in [0, 0.05) is 22.7 Å². The van der Waals surface area contributed by atoms with Crippen molar-refractivity contribution >= 4 is 39.0 Å². The lowest BCUT2D eigenvalue weighted by Gasteiger charge is -2.33. The monoisotopic (exact) mass is 485 g/mol. The molecule has 0 aliphatic heterocycles. The van der Waals surface area contributed by atoms with Crippen LogP contribution in [-0.4, -0.2) is 27.7 Å². The first-order valence-electron chi connectivity index (χ1n) is 10.8. The van der Waals surface area contributed by atoms with E-state index in [0.717, 1.165) is 21.2 Å². The molecule has 3 heterocycles. The lowest BCUT2D eigenvalue weighted by Crippen LogP contribution is -2.31. The SMILES string of the molecule is CCOC(=O)c1cnc(Cl)c2c(C(CC)(CC)Oc3cccc(-c4nc(C)no4)c3)csc12. The molecule has 0 aliphatic carbocycles.